The van der Waals surface area contributed by atoms with E-state index in [0.29, 0.717) is 5.56 Å². The zero-order valence-corrected chi connectivity index (χ0v) is 14.0. The lowest BCUT2D eigenvalue weighted by Gasteiger charge is -2.37. The van der Waals surface area contributed by atoms with Gasteiger partial charge in [0.25, 0.3) is 0 Å². The molecule has 2 saturated heterocycles. The highest BCUT2D eigenvalue weighted by Crippen LogP contribution is 2.33. The molecule has 0 aromatic heterocycles. The third-order valence-electron chi connectivity index (χ3n) is 4.58. The molecule has 3 rings (SSSR count). The second-order valence-corrected chi connectivity index (χ2v) is 6.29. The number of halogens is 4. The number of hydrazine groups is 1. The standard InChI is InChI=1S/C15H18F4N4O4/c1-6(7-2-3-10(8(16)4-7)27-15(17,18)19)23-12-11(9(5-24)22-23)13(25)21-14(26)20-12/h2-4,6,9,11-12,14,20,22,24,26H,5H2,1H3,(H,21,25). The molecule has 5 atom stereocenters. The number of ether oxygens (including phenoxy) is 1. The number of amides is 1. The molecule has 5 unspecified atom stereocenters. The summed E-state index contributed by atoms with van der Waals surface area (Å²) < 4.78 is 54.4. The Labute approximate surface area is 151 Å². The van der Waals surface area contributed by atoms with E-state index in [1.807, 2.05) is 0 Å². The molecule has 1 aromatic rings. The van der Waals surface area contributed by atoms with Crippen LogP contribution in [-0.4, -0.2) is 52.7 Å². The molecule has 0 radical (unpaired) electrons. The molecule has 27 heavy (non-hydrogen) atoms. The van der Waals surface area contributed by atoms with Crippen molar-refractivity contribution < 1.29 is 37.3 Å². The van der Waals surface area contributed by atoms with E-state index < -0.39 is 54.4 Å². The molecule has 2 fully saturated rings. The van der Waals surface area contributed by atoms with E-state index in [-0.39, 0.29) is 6.61 Å². The Kier molecular flexibility index (Phi) is 5.27. The van der Waals surface area contributed by atoms with E-state index in [2.05, 4.69) is 20.8 Å². The van der Waals surface area contributed by atoms with Gasteiger partial charge in [-0.25, -0.2) is 14.8 Å². The topological polar surface area (TPSA) is 106 Å². The van der Waals surface area contributed by atoms with Gasteiger partial charge in [-0.3, -0.25) is 10.1 Å². The summed E-state index contributed by atoms with van der Waals surface area (Å²) in [7, 11) is 0. The molecule has 1 amide bonds. The number of benzene rings is 1. The van der Waals surface area contributed by atoms with Crippen LogP contribution in [0.1, 0.15) is 18.5 Å². The van der Waals surface area contributed by atoms with Crippen LogP contribution in [0.15, 0.2) is 18.2 Å². The SMILES string of the molecule is CC(c1ccc(OC(F)(F)F)c(F)c1)N1NC(CO)C2C(=O)NC(O)NC21. The van der Waals surface area contributed by atoms with Gasteiger partial charge in [-0.05, 0) is 24.6 Å². The lowest BCUT2D eigenvalue weighted by molar-refractivity contribution is -0.275. The number of hydrogen-bond donors (Lipinski definition) is 5. The molecule has 12 heteroatoms. The molecule has 150 valence electrons. The fourth-order valence-corrected chi connectivity index (χ4v) is 3.34. The minimum Gasteiger partial charge on any atom is -0.403 e. The lowest BCUT2D eigenvalue weighted by atomic mass is 9.96. The van der Waals surface area contributed by atoms with Crippen LogP contribution >= 0.6 is 0 Å². The number of fused-ring (bicyclic) bond motifs is 1. The molecule has 2 heterocycles. The molecule has 0 bridgehead atoms. The number of carbonyl (C=O) groups excluding carboxylic acids is 1. The fourth-order valence-electron chi connectivity index (χ4n) is 3.34. The molecule has 0 spiro atoms. The Hall–Kier alpha value is -1.99. The number of nitrogens with one attached hydrogen (secondary N) is 3. The van der Waals surface area contributed by atoms with Gasteiger partial charge < -0.3 is 20.3 Å². The Bertz CT molecular complexity index is 720. The van der Waals surface area contributed by atoms with Crippen LogP contribution in [0, 0.1) is 11.7 Å². The van der Waals surface area contributed by atoms with Gasteiger partial charge in [0.2, 0.25) is 5.91 Å². The van der Waals surface area contributed by atoms with Crippen LogP contribution in [0.3, 0.4) is 0 Å². The van der Waals surface area contributed by atoms with E-state index in [0.717, 1.165) is 12.1 Å². The molecule has 0 saturated carbocycles. The quantitative estimate of drug-likeness (QED) is 0.455. The Morgan fingerprint density at radius 1 is 1.37 bits per heavy atom. The number of alkyl halides is 3. The first-order chi connectivity index (χ1) is 12.6. The monoisotopic (exact) mass is 394 g/mol. The second kappa shape index (κ2) is 7.20. The van der Waals surface area contributed by atoms with E-state index in [1.54, 1.807) is 6.92 Å². The van der Waals surface area contributed by atoms with Gasteiger partial charge in [0.1, 0.15) is 0 Å². The highest BCUT2D eigenvalue weighted by molar-refractivity contribution is 5.81. The minimum atomic E-state index is -5.01. The highest BCUT2D eigenvalue weighted by atomic mass is 19.4. The van der Waals surface area contributed by atoms with E-state index in [4.69, 9.17) is 0 Å². The summed E-state index contributed by atoms with van der Waals surface area (Å²) in [6.45, 7) is 1.26. The summed E-state index contributed by atoms with van der Waals surface area (Å²) in [4.78, 5) is 12.1. The zero-order chi connectivity index (χ0) is 19.9. The normalized spacial score (nSPS) is 30.0. The zero-order valence-electron chi connectivity index (χ0n) is 14.0. The Morgan fingerprint density at radius 2 is 2.07 bits per heavy atom. The summed E-state index contributed by atoms with van der Waals surface area (Å²) in [5.41, 5.74) is 3.22. The molecule has 1 aromatic carbocycles. The van der Waals surface area contributed by atoms with E-state index in [9.17, 15) is 32.6 Å². The molecular weight excluding hydrogens is 376 g/mol. The van der Waals surface area contributed by atoms with Crippen molar-refractivity contribution in [3.8, 4) is 5.75 Å². The maximum Gasteiger partial charge on any atom is 0.573 e. The third-order valence-corrected chi connectivity index (χ3v) is 4.58. The van der Waals surface area contributed by atoms with Crippen molar-refractivity contribution in [2.75, 3.05) is 6.61 Å². The summed E-state index contributed by atoms with van der Waals surface area (Å²) >= 11 is 0. The molecule has 8 nitrogen and oxygen atoms in total. The minimum absolute atomic E-state index is 0.300. The largest absolute Gasteiger partial charge is 0.573 e. The third kappa shape index (κ3) is 3.99. The molecule has 2 aliphatic rings. The number of hydrogen-bond acceptors (Lipinski definition) is 7. The maximum absolute atomic E-state index is 14.0. The van der Waals surface area contributed by atoms with Crippen LogP contribution in [-0.2, 0) is 4.79 Å². The van der Waals surface area contributed by atoms with Crippen LogP contribution in [0.4, 0.5) is 17.6 Å². The number of rotatable bonds is 4. The maximum atomic E-state index is 14.0. The van der Waals surface area contributed by atoms with Crippen LogP contribution in [0.5, 0.6) is 5.75 Å². The van der Waals surface area contributed by atoms with Crippen LogP contribution in [0.2, 0.25) is 0 Å². The Morgan fingerprint density at radius 3 is 2.67 bits per heavy atom. The van der Waals surface area contributed by atoms with Crippen molar-refractivity contribution in [2.45, 2.75) is 37.9 Å². The van der Waals surface area contributed by atoms with Crippen LogP contribution < -0.4 is 20.8 Å². The van der Waals surface area contributed by atoms with Gasteiger partial charge >= 0.3 is 6.36 Å². The van der Waals surface area contributed by atoms with Gasteiger partial charge in [-0.15, -0.1) is 13.2 Å². The summed E-state index contributed by atoms with van der Waals surface area (Å²) in [5.74, 6) is -3.36. The number of aliphatic hydroxyl groups excluding tert-OH is 2. The summed E-state index contributed by atoms with van der Waals surface area (Å²) in [6, 6.07) is 1.75. The van der Waals surface area contributed by atoms with Gasteiger partial charge in [-0.1, -0.05) is 6.07 Å². The number of nitrogens with zero attached hydrogens (tertiary/aromatic N) is 1. The van der Waals surface area contributed by atoms with E-state index >= 15 is 0 Å². The van der Waals surface area contributed by atoms with Crippen molar-refractivity contribution in [3.05, 3.63) is 29.6 Å². The summed E-state index contributed by atoms with van der Waals surface area (Å²) in [5, 5.41) is 25.7. The van der Waals surface area contributed by atoms with Crippen LogP contribution in [0.25, 0.3) is 0 Å². The molecule has 2 aliphatic heterocycles. The average Bonchev–Trinajstić information content (AvgIpc) is 2.93. The van der Waals surface area contributed by atoms with Gasteiger partial charge in [0, 0.05) is 6.04 Å². The van der Waals surface area contributed by atoms with Gasteiger partial charge in [0.15, 0.2) is 17.9 Å². The second-order valence-electron chi connectivity index (χ2n) is 6.29. The fraction of sp³-hybridized carbons (Fsp3) is 0.533. The van der Waals surface area contributed by atoms with Gasteiger partial charge in [0.05, 0.1) is 24.7 Å². The van der Waals surface area contributed by atoms with Crippen molar-refractivity contribution in [1.82, 2.24) is 21.1 Å². The lowest BCUT2D eigenvalue weighted by Crippen LogP contribution is -2.64. The van der Waals surface area contributed by atoms with Crippen molar-refractivity contribution in [3.63, 3.8) is 0 Å². The average molecular weight is 394 g/mol. The smallest absolute Gasteiger partial charge is 0.403 e. The van der Waals surface area contributed by atoms with Crippen molar-refractivity contribution in [1.29, 1.82) is 0 Å². The number of carbonyl (C=O) groups is 1. The molecular formula is C15H18F4N4O4. The molecule has 0 aliphatic carbocycles. The number of aliphatic hydroxyl groups is 2. The predicted octanol–water partition coefficient (Wildman–Crippen LogP) is -0.0960. The predicted molar refractivity (Wildman–Crippen MR) is 81.9 cm³/mol. The van der Waals surface area contributed by atoms with Crippen molar-refractivity contribution in [2.24, 2.45) is 5.92 Å². The first-order valence-corrected chi connectivity index (χ1v) is 8.06. The Balaban J connectivity index is 1.83. The first-order valence-electron chi connectivity index (χ1n) is 8.06. The van der Waals surface area contributed by atoms with Crippen molar-refractivity contribution >= 4 is 5.91 Å². The van der Waals surface area contributed by atoms with E-state index in [1.165, 1.54) is 11.1 Å². The highest BCUT2D eigenvalue weighted by Gasteiger charge is 2.50. The molecule has 5 N–H and O–H groups in total. The summed E-state index contributed by atoms with van der Waals surface area (Å²) in [6.07, 6.45) is -7.05. The first kappa shape index (κ1) is 19.8. The van der Waals surface area contributed by atoms with Gasteiger partial charge in [-0.2, -0.15) is 0 Å².